The van der Waals surface area contributed by atoms with E-state index in [0.29, 0.717) is 11.4 Å². The number of nitrogens with one attached hydrogen (secondary N) is 2. The van der Waals surface area contributed by atoms with E-state index in [9.17, 15) is 9.59 Å². The SMILES string of the molecule is CC(C)C(=O)Nc1cccc(NC(=O)CN)c1. The van der Waals surface area contributed by atoms with Crippen LogP contribution in [0.15, 0.2) is 24.3 Å². The average Bonchev–Trinajstić information content (AvgIpc) is 2.29. The molecule has 4 N–H and O–H groups in total. The van der Waals surface area contributed by atoms with Crippen LogP contribution in [0.3, 0.4) is 0 Å². The van der Waals surface area contributed by atoms with Gasteiger partial charge in [-0.05, 0) is 18.2 Å². The first-order chi connectivity index (χ1) is 8.02. The monoisotopic (exact) mass is 235 g/mol. The van der Waals surface area contributed by atoms with Crippen LogP contribution in [0.25, 0.3) is 0 Å². The van der Waals surface area contributed by atoms with E-state index >= 15 is 0 Å². The molecule has 5 heteroatoms. The van der Waals surface area contributed by atoms with Gasteiger partial charge in [0.05, 0.1) is 6.54 Å². The fourth-order valence-corrected chi connectivity index (χ4v) is 1.17. The maximum absolute atomic E-state index is 11.5. The van der Waals surface area contributed by atoms with Gasteiger partial charge in [0.1, 0.15) is 0 Å². The van der Waals surface area contributed by atoms with Gasteiger partial charge in [-0.1, -0.05) is 19.9 Å². The molecule has 0 heterocycles. The zero-order valence-corrected chi connectivity index (χ0v) is 9.99. The minimum Gasteiger partial charge on any atom is -0.326 e. The van der Waals surface area contributed by atoms with Gasteiger partial charge < -0.3 is 16.4 Å². The Bertz CT molecular complexity index is 416. The highest BCUT2D eigenvalue weighted by Crippen LogP contribution is 2.15. The molecule has 0 aliphatic carbocycles. The number of benzene rings is 1. The van der Waals surface area contributed by atoms with Gasteiger partial charge in [-0.3, -0.25) is 9.59 Å². The number of carbonyl (C=O) groups is 2. The third-order valence-electron chi connectivity index (χ3n) is 2.12. The van der Waals surface area contributed by atoms with Crippen molar-refractivity contribution in [1.29, 1.82) is 0 Å². The second-order valence-electron chi connectivity index (χ2n) is 3.98. The number of hydrogen-bond acceptors (Lipinski definition) is 3. The Morgan fingerprint density at radius 2 is 1.82 bits per heavy atom. The number of hydrogen-bond donors (Lipinski definition) is 3. The largest absolute Gasteiger partial charge is 0.326 e. The standard InChI is InChI=1S/C12H17N3O2/c1-8(2)12(17)15-10-5-3-4-9(6-10)14-11(16)7-13/h3-6,8H,7,13H2,1-2H3,(H,14,16)(H,15,17). The summed E-state index contributed by atoms with van der Waals surface area (Å²) in [6, 6.07) is 6.94. The van der Waals surface area contributed by atoms with Crippen LogP contribution in [-0.2, 0) is 9.59 Å². The van der Waals surface area contributed by atoms with Crippen LogP contribution in [0.4, 0.5) is 11.4 Å². The van der Waals surface area contributed by atoms with Crippen LogP contribution < -0.4 is 16.4 Å². The third-order valence-corrected chi connectivity index (χ3v) is 2.12. The lowest BCUT2D eigenvalue weighted by Gasteiger charge is -2.09. The van der Waals surface area contributed by atoms with Crippen LogP contribution in [0.5, 0.6) is 0 Å². The summed E-state index contributed by atoms with van der Waals surface area (Å²) in [6.07, 6.45) is 0. The molecule has 0 atom stereocenters. The van der Waals surface area contributed by atoms with Crippen molar-refractivity contribution in [3.05, 3.63) is 24.3 Å². The number of amides is 2. The Kier molecular flexibility index (Phi) is 4.66. The zero-order chi connectivity index (χ0) is 12.8. The molecule has 0 aliphatic rings. The molecule has 0 aromatic heterocycles. The summed E-state index contributed by atoms with van der Waals surface area (Å²) >= 11 is 0. The van der Waals surface area contributed by atoms with Crippen molar-refractivity contribution in [1.82, 2.24) is 0 Å². The van der Waals surface area contributed by atoms with E-state index < -0.39 is 0 Å². The van der Waals surface area contributed by atoms with Gasteiger partial charge in [-0.15, -0.1) is 0 Å². The Labute approximate surface area is 100 Å². The maximum atomic E-state index is 11.5. The fraction of sp³-hybridized carbons (Fsp3) is 0.333. The van der Waals surface area contributed by atoms with Crippen molar-refractivity contribution in [2.24, 2.45) is 11.7 Å². The molecule has 0 unspecified atom stereocenters. The molecule has 5 nitrogen and oxygen atoms in total. The van der Waals surface area contributed by atoms with Crippen LogP contribution in [0.1, 0.15) is 13.8 Å². The molecule has 0 saturated heterocycles. The Morgan fingerprint density at radius 1 is 1.24 bits per heavy atom. The highest BCUT2D eigenvalue weighted by Gasteiger charge is 2.07. The highest BCUT2D eigenvalue weighted by molar-refractivity contribution is 5.95. The smallest absolute Gasteiger partial charge is 0.238 e. The molecule has 0 fully saturated rings. The lowest BCUT2D eigenvalue weighted by molar-refractivity contribution is -0.119. The summed E-state index contributed by atoms with van der Waals surface area (Å²) in [5.41, 5.74) is 6.46. The van der Waals surface area contributed by atoms with Gasteiger partial charge in [0.2, 0.25) is 11.8 Å². The van der Waals surface area contributed by atoms with Crippen molar-refractivity contribution in [2.45, 2.75) is 13.8 Å². The van der Waals surface area contributed by atoms with Crippen molar-refractivity contribution < 1.29 is 9.59 Å². The second kappa shape index (κ2) is 6.00. The normalized spacial score (nSPS) is 10.1. The summed E-state index contributed by atoms with van der Waals surface area (Å²) in [4.78, 5) is 22.6. The predicted molar refractivity (Wildman–Crippen MR) is 67.6 cm³/mol. The van der Waals surface area contributed by atoms with E-state index in [1.54, 1.807) is 24.3 Å². The van der Waals surface area contributed by atoms with Gasteiger partial charge >= 0.3 is 0 Å². The number of rotatable bonds is 4. The lowest BCUT2D eigenvalue weighted by Crippen LogP contribution is -2.22. The van der Waals surface area contributed by atoms with Crippen molar-refractivity contribution >= 4 is 23.2 Å². The molecule has 0 radical (unpaired) electrons. The van der Waals surface area contributed by atoms with Crippen molar-refractivity contribution in [3.63, 3.8) is 0 Å². The topological polar surface area (TPSA) is 84.2 Å². The minimum absolute atomic E-state index is 0.0627. The summed E-state index contributed by atoms with van der Waals surface area (Å²) < 4.78 is 0. The van der Waals surface area contributed by atoms with E-state index in [0.717, 1.165) is 0 Å². The van der Waals surface area contributed by atoms with Crippen LogP contribution in [0, 0.1) is 5.92 Å². The number of nitrogens with two attached hydrogens (primary N) is 1. The van der Waals surface area contributed by atoms with E-state index in [-0.39, 0.29) is 24.3 Å². The molecule has 0 spiro atoms. The van der Waals surface area contributed by atoms with Crippen LogP contribution in [0.2, 0.25) is 0 Å². The molecule has 0 aliphatic heterocycles. The lowest BCUT2D eigenvalue weighted by atomic mass is 10.2. The Morgan fingerprint density at radius 3 is 2.35 bits per heavy atom. The molecular formula is C12H17N3O2. The van der Waals surface area contributed by atoms with Crippen LogP contribution >= 0.6 is 0 Å². The molecule has 1 aromatic rings. The average molecular weight is 235 g/mol. The van der Waals surface area contributed by atoms with Gasteiger partial charge in [0.25, 0.3) is 0 Å². The molecule has 1 aromatic carbocycles. The zero-order valence-electron chi connectivity index (χ0n) is 9.99. The summed E-state index contributed by atoms with van der Waals surface area (Å²) in [7, 11) is 0. The van der Waals surface area contributed by atoms with Gasteiger partial charge in [0, 0.05) is 17.3 Å². The van der Waals surface area contributed by atoms with Gasteiger partial charge in [-0.25, -0.2) is 0 Å². The van der Waals surface area contributed by atoms with E-state index in [4.69, 9.17) is 5.73 Å². The predicted octanol–water partition coefficient (Wildman–Crippen LogP) is 1.18. The number of carbonyl (C=O) groups excluding carboxylic acids is 2. The summed E-state index contributed by atoms with van der Waals surface area (Å²) in [6.45, 7) is 3.56. The highest BCUT2D eigenvalue weighted by atomic mass is 16.2. The van der Waals surface area contributed by atoms with Gasteiger partial charge in [0.15, 0.2) is 0 Å². The summed E-state index contributed by atoms with van der Waals surface area (Å²) in [5.74, 6) is -0.415. The van der Waals surface area contributed by atoms with Gasteiger partial charge in [-0.2, -0.15) is 0 Å². The fourth-order valence-electron chi connectivity index (χ4n) is 1.17. The number of anilines is 2. The summed E-state index contributed by atoms with van der Waals surface area (Å²) in [5, 5.41) is 5.37. The first-order valence-corrected chi connectivity index (χ1v) is 5.43. The Hall–Kier alpha value is -1.88. The van der Waals surface area contributed by atoms with E-state index in [1.165, 1.54) is 0 Å². The Balaban J connectivity index is 2.72. The van der Waals surface area contributed by atoms with E-state index in [2.05, 4.69) is 10.6 Å². The maximum Gasteiger partial charge on any atom is 0.238 e. The second-order valence-corrected chi connectivity index (χ2v) is 3.98. The third kappa shape index (κ3) is 4.24. The van der Waals surface area contributed by atoms with Crippen LogP contribution in [-0.4, -0.2) is 18.4 Å². The molecule has 1 rings (SSSR count). The van der Waals surface area contributed by atoms with Crippen molar-refractivity contribution in [2.75, 3.05) is 17.2 Å². The molecule has 2 amide bonds. The molecule has 92 valence electrons. The molecular weight excluding hydrogens is 218 g/mol. The van der Waals surface area contributed by atoms with E-state index in [1.807, 2.05) is 13.8 Å². The molecule has 0 bridgehead atoms. The minimum atomic E-state index is -0.266. The first-order valence-electron chi connectivity index (χ1n) is 5.43. The molecule has 0 saturated carbocycles. The quantitative estimate of drug-likeness (QED) is 0.732. The first kappa shape index (κ1) is 13.2. The van der Waals surface area contributed by atoms with Crippen molar-refractivity contribution in [3.8, 4) is 0 Å². The molecule has 17 heavy (non-hydrogen) atoms.